The molecule has 4 nitrogen and oxygen atoms in total. The fourth-order valence-electron chi connectivity index (χ4n) is 14.3. The molecule has 2 aromatic heterocycles. The molecular formula is C76H64N2O2. The summed E-state index contributed by atoms with van der Waals surface area (Å²) in [5.41, 5.74) is 22.3. The van der Waals surface area contributed by atoms with E-state index in [1.807, 2.05) is 0 Å². The maximum atomic E-state index is 7.17. The Hall–Kier alpha value is -8.86. The number of benzene rings is 11. The lowest BCUT2D eigenvalue weighted by atomic mass is 9.72. The van der Waals surface area contributed by atoms with Crippen LogP contribution in [0.15, 0.2) is 215 Å². The molecule has 0 N–H and O–H groups in total. The highest BCUT2D eigenvalue weighted by molar-refractivity contribution is 6.17. The molecule has 0 fully saturated rings. The SMILES string of the molecule is CC(C)(C)c1cccc2c1oc1c(N(c3ccccc3)c3cc4c(c5ccccc35)-c3ccc5c(c3C4(C)C)C(C)(C)c3cc(N(c4ccccc4)c4cccc6c4oc4c(C(C)(C)C)cccc46)c4ccccc4c3-5)cccc12. The molecule has 0 spiro atoms. The molecule has 11 aromatic carbocycles. The number of hydrogen-bond donors (Lipinski definition) is 0. The number of hydrogen-bond acceptors (Lipinski definition) is 4. The normalized spacial score (nSPS) is 14.3. The minimum Gasteiger partial charge on any atom is -0.454 e. The van der Waals surface area contributed by atoms with Crippen LogP contribution in [-0.2, 0) is 21.7 Å². The second-order valence-corrected chi connectivity index (χ2v) is 25.6. The van der Waals surface area contributed by atoms with Gasteiger partial charge in [-0.15, -0.1) is 0 Å². The zero-order valence-corrected chi connectivity index (χ0v) is 47.3. The third kappa shape index (κ3) is 6.75. The summed E-state index contributed by atoms with van der Waals surface area (Å²) in [5.74, 6) is 0. The van der Waals surface area contributed by atoms with E-state index in [0.717, 1.165) is 78.0 Å². The molecule has 0 bridgehead atoms. The van der Waals surface area contributed by atoms with Gasteiger partial charge in [0.15, 0.2) is 11.2 Å². The smallest absolute Gasteiger partial charge is 0.159 e. The van der Waals surface area contributed by atoms with Crippen molar-refractivity contribution >= 4 is 99.5 Å². The van der Waals surface area contributed by atoms with Gasteiger partial charge in [-0.25, -0.2) is 0 Å². The zero-order chi connectivity index (χ0) is 54.8. The first kappa shape index (κ1) is 48.3. The Bertz CT molecular complexity index is 4430. The first-order valence-corrected chi connectivity index (χ1v) is 28.4. The van der Waals surface area contributed by atoms with Gasteiger partial charge in [0.05, 0.1) is 22.7 Å². The van der Waals surface area contributed by atoms with Crippen LogP contribution >= 0.6 is 0 Å². The number of para-hydroxylation sites is 6. The Morgan fingerprint density at radius 3 is 1.01 bits per heavy atom. The van der Waals surface area contributed by atoms with E-state index in [-0.39, 0.29) is 21.7 Å². The summed E-state index contributed by atoms with van der Waals surface area (Å²) < 4.78 is 14.3. The molecule has 390 valence electrons. The number of nitrogens with zero attached hydrogens (tertiary/aromatic N) is 2. The van der Waals surface area contributed by atoms with Crippen molar-refractivity contribution in [3.63, 3.8) is 0 Å². The Labute approximate surface area is 468 Å². The van der Waals surface area contributed by atoms with Crippen LogP contribution in [0.3, 0.4) is 0 Å². The van der Waals surface area contributed by atoms with Crippen molar-refractivity contribution in [1.29, 1.82) is 0 Å². The van der Waals surface area contributed by atoms with Gasteiger partial charge in [-0.3, -0.25) is 0 Å². The highest BCUT2D eigenvalue weighted by Gasteiger charge is 2.48. The Morgan fingerprint density at radius 1 is 0.312 bits per heavy atom. The van der Waals surface area contributed by atoms with Gasteiger partial charge in [0.2, 0.25) is 0 Å². The van der Waals surface area contributed by atoms with Crippen molar-refractivity contribution in [2.24, 2.45) is 0 Å². The van der Waals surface area contributed by atoms with Gasteiger partial charge >= 0.3 is 0 Å². The summed E-state index contributed by atoms with van der Waals surface area (Å²) in [7, 11) is 0. The van der Waals surface area contributed by atoms with E-state index < -0.39 is 0 Å². The van der Waals surface area contributed by atoms with E-state index in [4.69, 9.17) is 8.83 Å². The predicted octanol–water partition coefficient (Wildman–Crippen LogP) is 21.9. The largest absolute Gasteiger partial charge is 0.454 e. The first-order chi connectivity index (χ1) is 38.5. The molecule has 0 unspecified atom stereocenters. The standard InChI is InChI=1S/C76H64N2O2/c1-73(2,3)57-37-21-33-51-53-35-23-39-61(71(53)79-69(51)57)77(45-25-13-11-14-26-45)63-43-59-65(49-31-19-17-29-47(49)63)55-41-42-56-66-50-32-20-18-30-48(50)64(44-60(66)76(9,10)68(56)67(55)75(59,7)8)78(46-27-15-12-16-28-46)62-40-24-36-54-52-34-22-38-58(74(4,5)6)70(52)80-72(54)62/h11-44H,1-10H3. The van der Waals surface area contributed by atoms with Crippen LogP contribution in [0.5, 0.6) is 0 Å². The van der Waals surface area contributed by atoms with Gasteiger partial charge in [-0.2, -0.15) is 0 Å². The van der Waals surface area contributed by atoms with E-state index in [2.05, 4.69) is 285 Å². The van der Waals surface area contributed by atoms with E-state index in [1.54, 1.807) is 0 Å². The van der Waals surface area contributed by atoms with E-state index in [9.17, 15) is 0 Å². The maximum Gasteiger partial charge on any atom is 0.159 e. The second-order valence-electron chi connectivity index (χ2n) is 25.6. The summed E-state index contributed by atoms with van der Waals surface area (Å²) in [6.45, 7) is 23.5. The lowest BCUT2D eigenvalue weighted by Gasteiger charge is -2.32. The highest BCUT2D eigenvalue weighted by atomic mass is 16.3. The van der Waals surface area contributed by atoms with Crippen molar-refractivity contribution in [1.82, 2.24) is 0 Å². The van der Waals surface area contributed by atoms with Crippen molar-refractivity contribution in [2.45, 2.75) is 90.9 Å². The van der Waals surface area contributed by atoms with Crippen molar-refractivity contribution in [2.75, 3.05) is 9.80 Å². The molecule has 80 heavy (non-hydrogen) atoms. The second kappa shape index (κ2) is 16.8. The summed E-state index contributed by atoms with van der Waals surface area (Å²) in [6, 6.07) is 76.3. The van der Waals surface area contributed by atoms with Gasteiger partial charge in [0, 0.05) is 65.6 Å². The molecule has 0 amide bonds. The number of anilines is 6. The molecule has 13 aromatic rings. The third-order valence-electron chi connectivity index (χ3n) is 18.0. The molecule has 4 heteroatoms. The molecule has 0 aliphatic heterocycles. The van der Waals surface area contributed by atoms with Gasteiger partial charge in [-0.05, 0) is 115 Å². The lowest BCUT2D eigenvalue weighted by Crippen LogP contribution is -2.24. The Morgan fingerprint density at radius 2 is 0.637 bits per heavy atom. The fourth-order valence-corrected chi connectivity index (χ4v) is 14.3. The molecule has 15 rings (SSSR count). The zero-order valence-electron chi connectivity index (χ0n) is 47.3. The van der Waals surface area contributed by atoms with Gasteiger partial charge in [0.1, 0.15) is 11.2 Å². The minimum atomic E-state index is -0.388. The molecule has 2 aliphatic carbocycles. The molecule has 2 aliphatic rings. The van der Waals surface area contributed by atoms with Crippen molar-refractivity contribution < 1.29 is 8.83 Å². The molecule has 0 saturated carbocycles. The summed E-state index contributed by atoms with van der Waals surface area (Å²) in [5, 5.41) is 9.38. The molecular weight excluding hydrogens is 973 g/mol. The van der Waals surface area contributed by atoms with Crippen LogP contribution in [0.1, 0.15) is 103 Å². The molecule has 0 radical (unpaired) electrons. The van der Waals surface area contributed by atoms with E-state index in [0.29, 0.717) is 0 Å². The topological polar surface area (TPSA) is 32.8 Å². The first-order valence-electron chi connectivity index (χ1n) is 28.4. The monoisotopic (exact) mass is 1040 g/mol. The van der Waals surface area contributed by atoms with Gasteiger partial charge < -0.3 is 18.6 Å². The fraction of sp³-hybridized carbons (Fsp3) is 0.184. The summed E-state index contributed by atoms with van der Waals surface area (Å²) >= 11 is 0. The van der Waals surface area contributed by atoms with E-state index in [1.165, 1.54) is 77.2 Å². The maximum absolute atomic E-state index is 7.17. The van der Waals surface area contributed by atoms with Gasteiger partial charge in [0.25, 0.3) is 0 Å². The number of rotatable bonds is 6. The molecule has 0 saturated heterocycles. The summed E-state index contributed by atoms with van der Waals surface area (Å²) in [4.78, 5) is 4.91. The van der Waals surface area contributed by atoms with Crippen LogP contribution in [-0.4, -0.2) is 0 Å². The van der Waals surface area contributed by atoms with Crippen molar-refractivity contribution in [3.8, 4) is 22.3 Å². The average Bonchev–Trinajstić information content (AvgIpc) is 4.37. The third-order valence-corrected chi connectivity index (χ3v) is 18.0. The van der Waals surface area contributed by atoms with Crippen LogP contribution in [0.25, 0.3) is 87.7 Å². The molecule has 2 heterocycles. The highest BCUT2D eigenvalue weighted by Crippen LogP contribution is 2.63. The lowest BCUT2D eigenvalue weighted by molar-refractivity contribution is 0.572. The minimum absolute atomic E-state index is 0.0974. The molecule has 0 atom stereocenters. The Kier molecular flexibility index (Phi) is 10.2. The van der Waals surface area contributed by atoms with Crippen LogP contribution < -0.4 is 9.80 Å². The van der Waals surface area contributed by atoms with Crippen molar-refractivity contribution in [3.05, 3.63) is 240 Å². The van der Waals surface area contributed by atoms with E-state index >= 15 is 0 Å². The van der Waals surface area contributed by atoms with Gasteiger partial charge in [-0.1, -0.05) is 227 Å². The van der Waals surface area contributed by atoms with Crippen LogP contribution in [0.4, 0.5) is 34.1 Å². The number of furan rings is 2. The van der Waals surface area contributed by atoms with Crippen LogP contribution in [0, 0.1) is 0 Å². The predicted molar refractivity (Wildman–Crippen MR) is 338 cm³/mol. The average molecular weight is 1040 g/mol. The Balaban J connectivity index is 0.942. The number of fused-ring (bicyclic) bond motifs is 17. The quantitative estimate of drug-likeness (QED) is 0.166. The van der Waals surface area contributed by atoms with Crippen LogP contribution in [0.2, 0.25) is 0 Å². The summed E-state index contributed by atoms with van der Waals surface area (Å²) in [6.07, 6.45) is 0.